The number of halogens is 3. The standard InChI is InChI=1S/C17H11ClF2N2O3/c18-11-8-9(4-5-12(11)19)21-14(23)6-7-22-16(24)10-2-1-3-13(20)15(10)17(22)25/h1-5,8H,6-7H2,(H,21,23). The number of fused-ring (bicyclic) bond motifs is 1. The molecule has 0 saturated heterocycles. The van der Waals surface area contributed by atoms with Gasteiger partial charge in [0.05, 0.1) is 16.1 Å². The van der Waals surface area contributed by atoms with Gasteiger partial charge in [0.15, 0.2) is 0 Å². The van der Waals surface area contributed by atoms with Crippen molar-refractivity contribution in [1.29, 1.82) is 0 Å². The fraction of sp³-hybridized carbons (Fsp3) is 0.118. The summed E-state index contributed by atoms with van der Waals surface area (Å²) in [6.07, 6.45) is -0.192. The number of carbonyl (C=O) groups excluding carboxylic acids is 3. The maximum absolute atomic E-state index is 13.7. The zero-order valence-corrected chi connectivity index (χ0v) is 13.4. The van der Waals surface area contributed by atoms with Crippen molar-refractivity contribution < 1.29 is 23.2 Å². The fourth-order valence-electron chi connectivity index (χ4n) is 2.51. The minimum atomic E-state index is -0.774. The first-order valence-corrected chi connectivity index (χ1v) is 7.66. The smallest absolute Gasteiger partial charge is 0.264 e. The summed E-state index contributed by atoms with van der Waals surface area (Å²) in [5.41, 5.74) is -0.0150. The second-order valence-electron chi connectivity index (χ2n) is 5.35. The molecular formula is C17H11ClF2N2O3. The maximum Gasteiger partial charge on any atom is 0.264 e. The third-order valence-electron chi connectivity index (χ3n) is 3.71. The Labute approximate surface area is 146 Å². The van der Waals surface area contributed by atoms with Crippen molar-refractivity contribution in [3.63, 3.8) is 0 Å². The van der Waals surface area contributed by atoms with Crippen molar-refractivity contribution in [2.45, 2.75) is 6.42 Å². The van der Waals surface area contributed by atoms with Crippen molar-refractivity contribution in [2.75, 3.05) is 11.9 Å². The number of rotatable bonds is 4. The van der Waals surface area contributed by atoms with E-state index in [0.29, 0.717) is 0 Å². The first-order chi connectivity index (χ1) is 11.9. The van der Waals surface area contributed by atoms with Crippen molar-refractivity contribution >= 4 is 35.0 Å². The van der Waals surface area contributed by atoms with Crippen molar-refractivity contribution in [1.82, 2.24) is 4.90 Å². The number of anilines is 1. The van der Waals surface area contributed by atoms with E-state index in [1.165, 1.54) is 24.3 Å². The lowest BCUT2D eigenvalue weighted by Gasteiger charge is -2.13. The zero-order chi connectivity index (χ0) is 18.1. The first-order valence-electron chi connectivity index (χ1n) is 7.28. The number of benzene rings is 2. The molecular weight excluding hydrogens is 354 g/mol. The largest absolute Gasteiger partial charge is 0.326 e. The molecule has 0 saturated carbocycles. The highest BCUT2D eigenvalue weighted by Crippen LogP contribution is 2.25. The highest BCUT2D eigenvalue weighted by Gasteiger charge is 2.37. The number of nitrogens with zero attached hydrogens (tertiary/aromatic N) is 1. The second kappa shape index (κ2) is 6.60. The Morgan fingerprint density at radius 3 is 2.52 bits per heavy atom. The number of hydrogen-bond acceptors (Lipinski definition) is 3. The summed E-state index contributed by atoms with van der Waals surface area (Å²) in [6, 6.07) is 7.47. The Bertz CT molecular complexity index is 901. The highest BCUT2D eigenvalue weighted by molar-refractivity contribution is 6.31. The van der Waals surface area contributed by atoms with Gasteiger partial charge >= 0.3 is 0 Å². The lowest BCUT2D eigenvalue weighted by atomic mass is 10.1. The fourth-order valence-corrected chi connectivity index (χ4v) is 2.69. The maximum atomic E-state index is 13.7. The van der Waals surface area contributed by atoms with Crippen molar-refractivity contribution in [3.05, 3.63) is 64.2 Å². The van der Waals surface area contributed by atoms with Crippen LogP contribution in [-0.4, -0.2) is 29.2 Å². The Balaban J connectivity index is 1.65. The molecule has 128 valence electrons. The molecule has 3 amide bonds. The quantitative estimate of drug-likeness (QED) is 0.847. The molecule has 3 rings (SSSR count). The molecule has 0 spiro atoms. The van der Waals surface area contributed by atoms with Crippen LogP contribution in [0.4, 0.5) is 14.5 Å². The molecule has 1 aliphatic rings. The summed E-state index contributed by atoms with van der Waals surface area (Å²) in [5, 5.41) is 2.34. The molecule has 0 atom stereocenters. The summed E-state index contributed by atoms with van der Waals surface area (Å²) < 4.78 is 26.8. The Morgan fingerprint density at radius 2 is 1.84 bits per heavy atom. The van der Waals surface area contributed by atoms with Crippen LogP contribution in [0.5, 0.6) is 0 Å². The van der Waals surface area contributed by atoms with E-state index < -0.39 is 29.4 Å². The summed E-state index contributed by atoms with van der Waals surface area (Å²) in [6.45, 7) is -0.202. The molecule has 1 aliphatic heterocycles. The molecule has 0 aliphatic carbocycles. The predicted molar refractivity (Wildman–Crippen MR) is 86.4 cm³/mol. The van der Waals surface area contributed by atoms with Crippen LogP contribution in [0.2, 0.25) is 5.02 Å². The van der Waals surface area contributed by atoms with Crippen molar-refractivity contribution in [3.8, 4) is 0 Å². The van der Waals surface area contributed by atoms with Gasteiger partial charge in [0.2, 0.25) is 5.91 Å². The summed E-state index contributed by atoms with van der Waals surface area (Å²) in [5.74, 6) is -3.30. The second-order valence-corrected chi connectivity index (χ2v) is 5.76. The van der Waals surface area contributed by atoms with Crippen molar-refractivity contribution in [2.24, 2.45) is 0 Å². The van der Waals surface area contributed by atoms with Crippen LogP contribution in [0.25, 0.3) is 0 Å². The molecule has 0 bridgehead atoms. The van der Waals surface area contributed by atoms with E-state index in [9.17, 15) is 23.2 Å². The molecule has 0 unspecified atom stereocenters. The monoisotopic (exact) mass is 364 g/mol. The van der Waals surface area contributed by atoms with E-state index in [4.69, 9.17) is 11.6 Å². The van der Waals surface area contributed by atoms with E-state index in [1.807, 2.05) is 0 Å². The zero-order valence-electron chi connectivity index (χ0n) is 12.7. The van der Waals surface area contributed by atoms with Crippen LogP contribution in [0.1, 0.15) is 27.1 Å². The van der Waals surface area contributed by atoms with Crippen LogP contribution in [0, 0.1) is 11.6 Å². The molecule has 0 radical (unpaired) electrons. The molecule has 0 aromatic heterocycles. The lowest BCUT2D eigenvalue weighted by Crippen LogP contribution is -2.33. The average molecular weight is 365 g/mol. The summed E-state index contributed by atoms with van der Waals surface area (Å²) in [4.78, 5) is 37.1. The van der Waals surface area contributed by atoms with Gasteiger partial charge in [0.25, 0.3) is 11.8 Å². The first kappa shape index (κ1) is 17.0. The Morgan fingerprint density at radius 1 is 1.08 bits per heavy atom. The number of amides is 3. The van der Waals surface area contributed by atoms with Gasteiger partial charge in [-0.25, -0.2) is 8.78 Å². The number of hydrogen-bond donors (Lipinski definition) is 1. The average Bonchev–Trinajstić information content (AvgIpc) is 2.81. The number of imide groups is 1. The molecule has 2 aromatic rings. The van der Waals surface area contributed by atoms with Gasteiger partial charge in [-0.3, -0.25) is 19.3 Å². The van der Waals surface area contributed by atoms with E-state index in [-0.39, 0.29) is 34.8 Å². The topological polar surface area (TPSA) is 66.5 Å². The van der Waals surface area contributed by atoms with Gasteiger partial charge in [-0.1, -0.05) is 17.7 Å². The Hall–Kier alpha value is -2.80. The van der Waals surface area contributed by atoms with Gasteiger partial charge in [0, 0.05) is 18.7 Å². The minimum Gasteiger partial charge on any atom is -0.326 e. The van der Waals surface area contributed by atoms with Gasteiger partial charge in [0.1, 0.15) is 11.6 Å². The highest BCUT2D eigenvalue weighted by atomic mass is 35.5. The SMILES string of the molecule is O=C(CCN1C(=O)c2cccc(F)c2C1=O)Nc1ccc(F)c(Cl)c1. The normalized spacial score (nSPS) is 13.2. The summed E-state index contributed by atoms with van der Waals surface area (Å²) >= 11 is 5.62. The third kappa shape index (κ3) is 3.23. The van der Waals surface area contributed by atoms with E-state index in [0.717, 1.165) is 17.0 Å². The molecule has 5 nitrogen and oxygen atoms in total. The third-order valence-corrected chi connectivity index (χ3v) is 4.00. The minimum absolute atomic E-state index is 0.0178. The van der Waals surface area contributed by atoms with Gasteiger partial charge < -0.3 is 5.32 Å². The van der Waals surface area contributed by atoms with Crippen LogP contribution >= 0.6 is 11.6 Å². The molecule has 1 N–H and O–H groups in total. The van der Waals surface area contributed by atoms with Crippen LogP contribution in [0.15, 0.2) is 36.4 Å². The van der Waals surface area contributed by atoms with Crippen LogP contribution < -0.4 is 5.32 Å². The molecule has 1 heterocycles. The van der Waals surface area contributed by atoms with E-state index in [2.05, 4.69) is 5.32 Å². The number of carbonyl (C=O) groups is 3. The molecule has 2 aromatic carbocycles. The molecule has 25 heavy (non-hydrogen) atoms. The van der Waals surface area contributed by atoms with E-state index in [1.54, 1.807) is 0 Å². The molecule has 8 heteroatoms. The molecule has 0 fully saturated rings. The van der Waals surface area contributed by atoms with Crippen LogP contribution in [0.3, 0.4) is 0 Å². The van der Waals surface area contributed by atoms with Gasteiger partial charge in [-0.2, -0.15) is 0 Å². The summed E-state index contributed by atoms with van der Waals surface area (Å²) in [7, 11) is 0. The predicted octanol–water partition coefficient (Wildman–Crippen LogP) is 3.24. The Kier molecular flexibility index (Phi) is 4.50. The lowest BCUT2D eigenvalue weighted by molar-refractivity contribution is -0.116. The van der Waals surface area contributed by atoms with E-state index >= 15 is 0 Å². The number of nitrogens with one attached hydrogen (secondary N) is 1. The van der Waals surface area contributed by atoms with Crippen LogP contribution in [-0.2, 0) is 4.79 Å². The van der Waals surface area contributed by atoms with Gasteiger partial charge in [-0.15, -0.1) is 0 Å². The van der Waals surface area contributed by atoms with Gasteiger partial charge in [-0.05, 0) is 30.3 Å².